The molecule has 5 nitrogen and oxygen atoms in total. The number of aromatic nitrogens is 3. The number of nitrogens with zero attached hydrogens (tertiary/aromatic N) is 4. The zero-order valence-corrected chi connectivity index (χ0v) is 27.1. The van der Waals surface area contributed by atoms with Crippen molar-refractivity contribution < 1.29 is 25.8 Å². The van der Waals surface area contributed by atoms with Crippen LogP contribution in [0.5, 0.6) is 11.5 Å². The Labute approximate surface area is 268 Å². The van der Waals surface area contributed by atoms with Gasteiger partial charge in [-0.05, 0) is 65.2 Å². The largest absolute Gasteiger partial charge is 2.00 e. The Bertz CT molecular complexity index is 2190. The van der Waals surface area contributed by atoms with Gasteiger partial charge in [-0.2, -0.15) is 11.3 Å². The van der Waals surface area contributed by atoms with E-state index in [1.165, 1.54) is 15.0 Å². The maximum atomic E-state index is 9.53. The van der Waals surface area contributed by atoms with Gasteiger partial charge in [-0.25, -0.2) is 4.98 Å². The molecule has 0 aliphatic rings. The van der Waals surface area contributed by atoms with Crippen molar-refractivity contribution >= 4 is 43.2 Å². The van der Waals surface area contributed by atoms with Gasteiger partial charge >= 0.3 is 21.1 Å². The minimum absolute atomic E-state index is 0. The molecule has 0 bridgehead atoms. The summed E-state index contributed by atoms with van der Waals surface area (Å²) in [5, 5.41) is 12.6. The molecule has 0 aliphatic heterocycles. The van der Waals surface area contributed by atoms with Crippen molar-refractivity contribution in [2.24, 2.45) is 0 Å². The molecule has 43 heavy (non-hydrogen) atoms. The second kappa shape index (κ2) is 11.1. The normalized spacial score (nSPS) is 11.5. The molecule has 4 heterocycles. The first kappa shape index (κ1) is 28.8. The predicted octanol–water partition coefficient (Wildman–Crippen LogP) is 9.32. The first-order valence-electron chi connectivity index (χ1n) is 13.7. The molecule has 0 fully saturated rings. The summed E-state index contributed by atoms with van der Waals surface area (Å²) in [7, 11) is 0. The molecule has 0 radical (unpaired) electrons. The number of ether oxygens (including phenoxy) is 1. The van der Waals surface area contributed by atoms with E-state index in [9.17, 15) is 5.26 Å². The van der Waals surface area contributed by atoms with E-state index in [4.69, 9.17) is 9.72 Å². The zero-order chi connectivity index (χ0) is 29.0. The first-order valence-corrected chi connectivity index (χ1v) is 14.5. The minimum Gasteiger partial charge on any atom is -0.503 e. The quantitative estimate of drug-likeness (QED) is 0.168. The Balaban J connectivity index is 0.00000329. The fourth-order valence-corrected chi connectivity index (χ4v) is 6.16. The Morgan fingerprint density at radius 2 is 1.77 bits per heavy atom. The molecule has 212 valence electrons. The van der Waals surface area contributed by atoms with Gasteiger partial charge in [0.25, 0.3) is 0 Å². The predicted molar refractivity (Wildman–Crippen MR) is 170 cm³/mol. The minimum atomic E-state index is -0.109. The van der Waals surface area contributed by atoms with Crippen LogP contribution in [0.1, 0.15) is 36.8 Å². The Morgan fingerprint density at radius 1 is 0.907 bits per heavy atom. The van der Waals surface area contributed by atoms with E-state index < -0.39 is 0 Å². The Hall–Kier alpha value is -4.30. The maximum Gasteiger partial charge on any atom is 2.00 e. The SMILES string of the molecule is Cc1cc2cc(-c3[c-]c(Oc4[c-]c5c(cc4)c4cc(C#N)ccc4n5-c4ccccn4)cc(C(C)(C)C)c3)ncc2s1.[Pt+2]. The monoisotopic (exact) mass is 757 g/mol. The van der Waals surface area contributed by atoms with Crippen LogP contribution in [-0.4, -0.2) is 14.5 Å². The van der Waals surface area contributed by atoms with Crippen LogP contribution in [0, 0.1) is 30.4 Å². The van der Waals surface area contributed by atoms with Crippen molar-refractivity contribution in [2.75, 3.05) is 0 Å². The molecule has 0 N–H and O–H groups in total. The average Bonchev–Trinajstić information content (AvgIpc) is 3.52. The molecule has 0 aliphatic carbocycles. The average molecular weight is 758 g/mol. The molecule has 0 unspecified atom stereocenters. The van der Waals surface area contributed by atoms with Crippen LogP contribution in [0.3, 0.4) is 0 Å². The van der Waals surface area contributed by atoms with E-state index in [1.807, 2.05) is 60.8 Å². The summed E-state index contributed by atoms with van der Waals surface area (Å²) in [6.45, 7) is 8.68. The van der Waals surface area contributed by atoms with Gasteiger partial charge in [0.2, 0.25) is 0 Å². The van der Waals surface area contributed by atoms with Crippen molar-refractivity contribution in [3.8, 4) is 34.6 Å². The molecule has 3 aromatic carbocycles. The molecule has 0 atom stereocenters. The molecule has 0 saturated heterocycles. The van der Waals surface area contributed by atoms with Crippen LogP contribution >= 0.6 is 11.3 Å². The number of benzene rings is 3. The van der Waals surface area contributed by atoms with Crippen LogP contribution in [0.15, 0.2) is 85.2 Å². The van der Waals surface area contributed by atoms with Crippen molar-refractivity contribution in [1.29, 1.82) is 5.26 Å². The van der Waals surface area contributed by atoms with Crippen LogP contribution in [0.4, 0.5) is 0 Å². The van der Waals surface area contributed by atoms with Gasteiger partial charge in [-0.1, -0.05) is 50.6 Å². The summed E-state index contributed by atoms with van der Waals surface area (Å²) in [6.07, 6.45) is 3.71. The maximum absolute atomic E-state index is 9.53. The van der Waals surface area contributed by atoms with E-state index in [-0.39, 0.29) is 26.5 Å². The van der Waals surface area contributed by atoms with Crippen molar-refractivity contribution in [3.63, 3.8) is 0 Å². The van der Waals surface area contributed by atoms with Gasteiger partial charge in [-0.3, -0.25) is 0 Å². The van der Waals surface area contributed by atoms with Crippen molar-refractivity contribution in [3.05, 3.63) is 113 Å². The standard InChI is InChI=1S/C36H26N4OS.Pt/c1-22-13-25-17-31(39-21-34(25)42-22)24-15-26(36(2,3)4)18-28(16-24)41-27-9-10-29-30-14-23(20-37)8-11-32(30)40(33(29)19-27)35-7-5-6-12-38-35;/h5-15,17-18,21H,1-4H3;/q-2;+2. The number of rotatable bonds is 4. The number of nitriles is 1. The second-order valence-corrected chi connectivity index (χ2v) is 12.7. The van der Waals surface area contributed by atoms with Gasteiger partial charge in [0.1, 0.15) is 5.82 Å². The fourth-order valence-electron chi connectivity index (χ4n) is 5.29. The molecule has 0 saturated carbocycles. The summed E-state index contributed by atoms with van der Waals surface area (Å²) in [5.41, 5.74) is 5.14. The summed E-state index contributed by atoms with van der Waals surface area (Å²) in [6, 6.07) is 33.2. The second-order valence-electron chi connectivity index (χ2n) is 11.4. The first-order chi connectivity index (χ1) is 20.3. The molecule has 7 rings (SSSR count). The molecule has 0 amide bonds. The van der Waals surface area contributed by atoms with Gasteiger partial charge in [0.15, 0.2) is 0 Å². The summed E-state index contributed by atoms with van der Waals surface area (Å²) < 4.78 is 9.72. The summed E-state index contributed by atoms with van der Waals surface area (Å²) in [4.78, 5) is 10.6. The van der Waals surface area contributed by atoms with E-state index in [0.29, 0.717) is 17.1 Å². The molecule has 7 aromatic rings. The van der Waals surface area contributed by atoms with Crippen LogP contribution in [0.25, 0.3) is 49.0 Å². The molecular weight excluding hydrogens is 732 g/mol. The van der Waals surface area contributed by atoms with Crippen LogP contribution in [0.2, 0.25) is 0 Å². The van der Waals surface area contributed by atoms with Gasteiger partial charge in [0, 0.05) is 34.3 Å². The van der Waals surface area contributed by atoms with Crippen LogP contribution in [-0.2, 0) is 26.5 Å². The topological polar surface area (TPSA) is 63.7 Å². The molecular formula is C36H26N4OPtS. The van der Waals surface area contributed by atoms with Crippen LogP contribution < -0.4 is 4.74 Å². The third-order valence-electron chi connectivity index (χ3n) is 7.39. The smallest absolute Gasteiger partial charge is 0.503 e. The van der Waals surface area contributed by atoms with E-state index in [1.54, 1.807) is 17.5 Å². The Morgan fingerprint density at radius 3 is 2.53 bits per heavy atom. The van der Waals surface area contributed by atoms with Gasteiger partial charge < -0.3 is 14.3 Å². The zero-order valence-electron chi connectivity index (χ0n) is 24.0. The fraction of sp³-hybridized carbons (Fsp3) is 0.139. The van der Waals surface area contributed by atoms with Gasteiger partial charge in [-0.15, -0.1) is 46.0 Å². The summed E-state index contributed by atoms with van der Waals surface area (Å²) in [5.74, 6) is 1.93. The number of hydrogen-bond donors (Lipinski definition) is 0. The summed E-state index contributed by atoms with van der Waals surface area (Å²) >= 11 is 1.75. The van der Waals surface area contributed by atoms with E-state index >= 15 is 0 Å². The molecule has 4 aromatic heterocycles. The number of thiophene rings is 1. The van der Waals surface area contributed by atoms with E-state index in [2.05, 4.69) is 73.6 Å². The molecule has 7 heteroatoms. The number of pyridine rings is 2. The number of aryl methyl sites for hydroxylation is 1. The number of fused-ring (bicyclic) bond motifs is 4. The van der Waals surface area contributed by atoms with Crippen molar-refractivity contribution in [2.45, 2.75) is 33.1 Å². The molecule has 0 spiro atoms. The van der Waals surface area contributed by atoms with Crippen molar-refractivity contribution in [1.82, 2.24) is 14.5 Å². The van der Waals surface area contributed by atoms with E-state index in [0.717, 1.165) is 44.4 Å². The third-order valence-corrected chi connectivity index (χ3v) is 8.39. The number of hydrogen-bond acceptors (Lipinski definition) is 5. The third kappa shape index (κ3) is 5.36. The van der Waals surface area contributed by atoms with Gasteiger partial charge in [0.05, 0.1) is 16.3 Å². The Kier molecular flexibility index (Phi) is 7.42.